The van der Waals surface area contributed by atoms with E-state index < -0.39 is 5.97 Å². The minimum atomic E-state index is -1.01. The summed E-state index contributed by atoms with van der Waals surface area (Å²) >= 11 is 3.53. The molecule has 1 saturated heterocycles. The second-order valence-corrected chi connectivity index (χ2v) is 9.20. The highest BCUT2D eigenvalue weighted by Crippen LogP contribution is 2.48. The molecule has 0 spiro atoms. The zero-order valence-electron chi connectivity index (χ0n) is 17.9. The molecule has 0 unspecified atom stereocenters. The zero-order chi connectivity index (χ0) is 22.0. The lowest BCUT2D eigenvalue weighted by molar-refractivity contribution is -0.139. The third-order valence-electron chi connectivity index (χ3n) is 5.89. The standard InChI is InChI=1S/C25H29BrO4/c1-14(2)20-12-21(19-8-6-15(3)10-16(19)4)17(5)30-25(20)22-11-18(26)7-9-23(22)29-13-24(27)28/h6-11,17,20-21,25H,1,12-13H2,2-5H3,(H,27,28)/t17-,20-,21-,25-/m0/s1. The van der Waals surface area contributed by atoms with E-state index >= 15 is 0 Å². The summed E-state index contributed by atoms with van der Waals surface area (Å²) in [5.74, 6) is -0.116. The van der Waals surface area contributed by atoms with Crippen LogP contribution in [-0.2, 0) is 9.53 Å². The van der Waals surface area contributed by atoms with Gasteiger partial charge in [-0.25, -0.2) is 4.79 Å². The molecule has 4 atom stereocenters. The molecule has 160 valence electrons. The maximum Gasteiger partial charge on any atom is 0.341 e. The molecule has 1 aliphatic heterocycles. The van der Waals surface area contributed by atoms with E-state index in [0.29, 0.717) is 5.75 Å². The van der Waals surface area contributed by atoms with E-state index in [-0.39, 0.29) is 30.7 Å². The predicted octanol–water partition coefficient (Wildman–Crippen LogP) is 6.36. The second-order valence-electron chi connectivity index (χ2n) is 8.28. The molecule has 0 radical (unpaired) electrons. The molecular formula is C25H29BrO4. The predicted molar refractivity (Wildman–Crippen MR) is 122 cm³/mol. The van der Waals surface area contributed by atoms with Crippen molar-refractivity contribution in [3.63, 3.8) is 0 Å². The average Bonchev–Trinajstić information content (AvgIpc) is 2.67. The topological polar surface area (TPSA) is 55.8 Å². The van der Waals surface area contributed by atoms with Gasteiger partial charge in [-0.05, 0) is 63.4 Å². The number of hydrogen-bond donors (Lipinski definition) is 1. The van der Waals surface area contributed by atoms with Gasteiger partial charge < -0.3 is 14.6 Å². The van der Waals surface area contributed by atoms with Crippen molar-refractivity contribution in [3.8, 4) is 5.75 Å². The van der Waals surface area contributed by atoms with Gasteiger partial charge in [0.15, 0.2) is 6.61 Å². The van der Waals surface area contributed by atoms with Gasteiger partial charge in [-0.1, -0.05) is 51.8 Å². The first-order valence-electron chi connectivity index (χ1n) is 10.2. The number of benzene rings is 2. The highest BCUT2D eigenvalue weighted by molar-refractivity contribution is 9.10. The first-order chi connectivity index (χ1) is 14.2. The van der Waals surface area contributed by atoms with Gasteiger partial charge in [0.25, 0.3) is 0 Å². The molecule has 0 saturated carbocycles. The Morgan fingerprint density at radius 1 is 1.23 bits per heavy atom. The third kappa shape index (κ3) is 4.96. The van der Waals surface area contributed by atoms with Crippen molar-refractivity contribution in [1.82, 2.24) is 0 Å². The van der Waals surface area contributed by atoms with E-state index in [0.717, 1.165) is 22.0 Å². The van der Waals surface area contributed by atoms with Crippen LogP contribution in [0.3, 0.4) is 0 Å². The summed E-state index contributed by atoms with van der Waals surface area (Å²) in [5.41, 5.74) is 5.75. The third-order valence-corrected chi connectivity index (χ3v) is 6.38. The molecule has 0 amide bonds. The van der Waals surface area contributed by atoms with Crippen LogP contribution in [0.4, 0.5) is 0 Å². The fourth-order valence-corrected chi connectivity index (χ4v) is 4.77. The molecule has 2 aromatic carbocycles. The summed E-state index contributed by atoms with van der Waals surface area (Å²) in [6.07, 6.45) is 0.662. The molecular weight excluding hydrogens is 444 g/mol. The summed E-state index contributed by atoms with van der Waals surface area (Å²) in [4.78, 5) is 11.0. The van der Waals surface area contributed by atoms with Crippen molar-refractivity contribution in [1.29, 1.82) is 0 Å². The minimum absolute atomic E-state index is 0.00156. The molecule has 3 rings (SSSR count). The van der Waals surface area contributed by atoms with Gasteiger partial charge in [0.2, 0.25) is 0 Å². The molecule has 1 aliphatic rings. The quantitative estimate of drug-likeness (QED) is 0.497. The molecule has 1 fully saturated rings. The zero-order valence-corrected chi connectivity index (χ0v) is 19.5. The lowest BCUT2D eigenvalue weighted by atomic mass is 9.75. The number of ether oxygens (including phenoxy) is 2. The van der Waals surface area contributed by atoms with Crippen molar-refractivity contribution >= 4 is 21.9 Å². The molecule has 1 heterocycles. The lowest BCUT2D eigenvalue weighted by Crippen LogP contribution is -2.35. The Labute approximate surface area is 187 Å². The highest BCUT2D eigenvalue weighted by atomic mass is 79.9. The lowest BCUT2D eigenvalue weighted by Gasteiger charge is -2.42. The van der Waals surface area contributed by atoms with Crippen LogP contribution in [0.1, 0.15) is 54.5 Å². The number of carbonyl (C=O) groups is 1. The summed E-state index contributed by atoms with van der Waals surface area (Å²) in [6, 6.07) is 12.2. The van der Waals surface area contributed by atoms with Crippen molar-refractivity contribution in [2.45, 2.75) is 52.2 Å². The van der Waals surface area contributed by atoms with Crippen LogP contribution in [0, 0.1) is 19.8 Å². The summed E-state index contributed by atoms with van der Waals surface area (Å²) in [5, 5.41) is 9.04. The summed E-state index contributed by atoms with van der Waals surface area (Å²) in [7, 11) is 0. The maximum absolute atomic E-state index is 11.0. The minimum Gasteiger partial charge on any atom is -0.482 e. The normalized spacial score (nSPS) is 23.8. The van der Waals surface area contributed by atoms with Gasteiger partial charge in [0.1, 0.15) is 5.75 Å². The number of carboxylic acid groups (broad SMARTS) is 1. The van der Waals surface area contributed by atoms with Gasteiger partial charge in [0, 0.05) is 21.9 Å². The Kier molecular flexibility index (Phi) is 7.04. The number of rotatable bonds is 6. The van der Waals surface area contributed by atoms with Gasteiger partial charge in [0.05, 0.1) is 12.2 Å². The molecule has 0 bridgehead atoms. The van der Waals surface area contributed by atoms with Gasteiger partial charge in [-0.15, -0.1) is 0 Å². The Hall–Kier alpha value is -2.11. The fraction of sp³-hybridized carbons (Fsp3) is 0.400. The van der Waals surface area contributed by atoms with E-state index in [2.05, 4.69) is 61.5 Å². The van der Waals surface area contributed by atoms with Crippen molar-refractivity contribution in [3.05, 3.63) is 75.3 Å². The first-order valence-corrected chi connectivity index (χ1v) is 11.0. The Morgan fingerprint density at radius 3 is 2.60 bits per heavy atom. The van der Waals surface area contributed by atoms with Crippen LogP contribution >= 0.6 is 15.9 Å². The number of aliphatic carboxylic acids is 1. The van der Waals surface area contributed by atoms with E-state index in [9.17, 15) is 4.79 Å². The summed E-state index contributed by atoms with van der Waals surface area (Å²) in [6.45, 7) is 12.3. The van der Waals surface area contributed by atoms with E-state index in [4.69, 9.17) is 14.6 Å². The summed E-state index contributed by atoms with van der Waals surface area (Å²) < 4.78 is 13.1. The smallest absolute Gasteiger partial charge is 0.341 e. The highest BCUT2D eigenvalue weighted by Gasteiger charge is 2.39. The molecule has 4 nitrogen and oxygen atoms in total. The average molecular weight is 473 g/mol. The van der Waals surface area contributed by atoms with Crippen molar-refractivity contribution in [2.24, 2.45) is 5.92 Å². The first kappa shape index (κ1) is 22.6. The number of carboxylic acids is 1. The van der Waals surface area contributed by atoms with Gasteiger partial charge in [-0.2, -0.15) is 0 Å². The fourth-order valence-electron chi connectivity index (χ4n) is 4.39. The van der Waals surface area contributed by atoms with Gasteiger partial charge >= 0.3 is 5.97 Å². The molecule has 2 aromatic rings. The Bertz CT molecular complexity index is 952. The van der Waals surface area contributed by atoms with Gasteiger partial charge in [-0.3, -0.25) is 0 Å². The van der Waals surface area contributed by atoms with E-state index in [1.807, 2.05) is 19.1 Å². The van der Waals surface area contributed by atoms with Crippen molar-refractivity contribution in [2.75, 3.05) is 6.61 Å². The number of aryl methyl sites for hydroxylation is 2. The van der Waals surface area contributed by atoms with Crippen LogP contribution < -0.4 is 4.74 Å². The van der Waals surface area contributed by atoms with E-state index in [1.54, 1.807) is 6.07 Å². The van der Waals surface area contributed by atoms with Crippen LogP contribution in [0.2, 0.25) is 0 Å². The SMILES string of the molecule is C=C(C)[C@@H]1C[C@H](c2ccc(C)cc2C)[C@H](C)O[C@@H]1c1cc(Br)ccc1OCC(=O)O. The maximum atomic E-state index is 11.0. The largest absolute Gasteiger partial charge is 0.482 e. The van der Waals surface area contributed by atoms with Crippen LogP contribution in [0.15, 0.2) is 53.0 Å². The van der Waals surface area contributed by atoms with Crippen molar-refractivity contribution < 1.29 is 19.4 Å². The number of hydrogen-bond acceptors (Lipinski definition) is 3. The molecule has 5 heteroatoms. The number of halogens is 1. The Balaban J connectivity index is 1.96. The monoisotopic (exact) mass is 472 g/mol. The second kappa shape index (κ2) is 9.36. The van der Waals surface area contributed by atoms with Crippen LogP contribution in [0.5, 0.6) is 5.75 Å². The van der Waals surface area contributed by atoms with Crippen LogP contribution in [-0.4, -0.2) is 23.8 Å². The Morgan fingerprint density at radius 2 is 1.97 bits per heavy atom. The van der Waals surface area contributed by atoms with E-state index in [1.165, 1.54) is 16.7 Å². The van der Waals surface area contributed by atoms with Crippen LogP contribution in [0.25, 0.3) is 0 Å². The molecule has 30 heavy (non-hydrogen) atoms. The molecule has 1 N–H and O–H groups in total. The molecule has 0 aliphatic carbocycles. The molecule has 0 aromatic heterocycles.